The summed E-state index contributed by atoms with van der Waals surface area (Å²) in [6.45, 7) is 4.57. The first-order valence-electron chi connectivity index (χ1n) is 9.95. The molecule has 3 heteroatoms. The monoisotopic (exact) mass is 322 g/mol. The fourth-order valence-corrected chi connectivity index (χ4v) is 7.69. The van der Waals surface area contributed by atoms with Crippen LogP contribution in [-0.4, -0.2) is 33.1 Å². The molecule has 3 nitrogen and oxygen atoms in total. The van der Waals surface area contributed by atoms with Gasteiger partial charge < -0.3 is 15.3 Å². The van der Waals surface area contributed by atoms with Gasteiger partial charge in [0.25, 0.3) is 0 Å². The molecule has 23 heavy (non-hydrogen) atoms. The predicted molar refractivity (Wildman–Crippen MR) is 89.8 cm³/mol. The first-order valence-corrected chi connectivity index (χ1v) is 9.95. The van der Waals surface area contributed by atoms with Crippen LogP contribution in [0.5, 0.6) is 0 Å². The Bertz CT molecular complexity index is 480. The quantitative estimate of drug-likeness (QED) is 0.694. The molecule has 0 aliphatic heterocycles. The summed E-state index contributed by atoms with van der Waals surface area (Å²) in [4.78, 5) is 0. The smallest absolute Gasteiger partial charge is 0.0728 e. The normalized spacial score (nSPS) is 59.1. The highest BCUT2D eigenvalue weighted by molar-refractivity contribution is 5.14. The van der Waals surface area contributed by atoms with Crippen LogP contribution >= 0.6 is 0 Å². The zero-order valence-corrected chi connectivity index (χ0v) is 14.8. The standard InChI is InChI=1S/C20H34O3/c1-3-19-10-8-15-14(16(19)4-5-17(19)22)7-11-20(23)12-13(21)6-9-18(15,20)2/h13-17,21-23H,3-12H2,1-2H3/t13-,14+,15-,16-,17-,18+,19-,20-/m0/s1. The van der Waals surface area contributed by atoms with Gasteiger partial charge in [-0.15, -0.1) is 0 Å². The van der Waals surface area contributed by atoms with E-state index in [2.05, 4.69) is 13.8 Å². The molecule has 0 aromatic heterocycles. The largest absolute Gasteiger partial charge is 0.393 e. The minimum Gasteiger partial charge on any atom is -0.393 e. The van der Waals surface area contributed by atoms with Gasteiger partial charge in [-0.25, -0.2) is 0 Å². The highest BCUT2D eigenvalue weighted by atomic mass is 16.3. The Labute approximate surface area is 140 Å². The summed E-state index contributed by atoms with van der Waals surface area (Å²) in [5.74, 6) is 1.89. The summed E-state index contributed by atoms with van der Waals surface area (Å²) in [6, 6.07) is 0. The molecule has 4 fully saturated rings. The van der Waals surface area contributed by atoms with Crippen LogP contribution in [-0.2, 0) is 0 Å². The number of fused-ring (bicyclic) bond motifs is 5. The second-order valence-corrected chi connectivity index (χ2v) is 9.48. The third-order valence-corrected chi connectivity index (χ3v) is 9.11. The average Bonchev–Trinajstić information content (AvgIpc) is 2.86. The lowest BCUT2D eigenvalue weighted by atomic mass is 9.43. The maximum atomic E-state index is 11.4. The van der Waals surface area contributed by atoms with Crippen molar-refractivity contribution in [1.82, 2.24) is 0 Å². The van der Waals surface area contributed by atoms with Gasteiger partial charge in [0.2, 0.25) is 0 Å². The Morgan fingerprint density at radius 3 is 2.43 bits per heavy atom. The summed E-state index contributed by atoms with van der Waals surface area (Å²) < 4.78 is 0. The van der Waals surface area contributed by atoms with Gasteiger partial charge in [-0.05, 0) is 86.4 Å². The molecular formula is C20H34O3. The molecule has 4 aliphatic carbocycles. The van der Waals surface area contributed by atoms with Crippen LogP contribution in [0, 0.1) is 28.6 Å². The van der Waals surface area contributed by atoms with Crippen molar-refractivity contribution in [2.24, 2.45) is 28.6 Å². The molecule has 0 amide bonds. The van der Waals surface area contributed by atoms with E-state index in [1.807, 2.05) is 0 Å². The van der Waals surface area contributed by atoms with E-state index < -0.39 is 5.60 Å². The number of aliphatic hydroxyl groups excluding tert-OH is 2. The number of aliphatic hydroxyl groups is 3. The SMILES string of the molecule is CC[C@]12CC[C@H]3[C@@H](CC[C@]4(O)C[C@@H](O)CC[C@]34C)[C@@H]1CC[C@@H]2O. The molecule has 0 radical (unpaired) electrons. The summed E-state index contributed by atoms with van der Waals surface area (Å²) in [7, 11) is 0. The lowest BCUT2D eigenvalue weighted by Gasteiger charge is -2.64. The fraction of sp³-hybridized carbons (Fsp3) is 1.00. The van der Waals surface area contributed by atoms with Crippen molar-refractivity contribution in [1.29, 1.82) is 0 Å². The number of rotatable bonds is 1. The molecule has 0 bridgehead atoms. The van der Waals surface area contributed by atoms with Crippen molar-refractivity contribution < 1.29 is 15.3 Å². The van der Waals surface area contributed by atoms with Gasteiger partial charge in [0.1, 0.15) is 0 Å². The molecule has 132 valence electrons. The lowest BCUT2D eigenvalue weighted by Crippen LogP contribution is -2.63. The topological polar surface area (TPSA) is 60.7 Å². The average molecular weight is 322 g/mol. The van der Waals surface area contributed by atoms with E-state index in [0.717, 1.165) is 51.4 Å². The van der Waals surface area contributed by atoms with Gasteiger partial charge in [0.05, 0.1) is 17.8 Å². The first kappa shape index (κ1) is 16.4. The third-order valence-electron chi connectivity index (χ3n) is 9.11. The van der Waals surface area contributed by atoms with E-state index in [-0.39, 0.29) is 23.0 Å². The molecule has 4 aliphatic rings. The lowest BCUT2D eigenvalue weighted by molar-refractivity contribution is -0.222. The Kier molecular flexibility index (Phi) is 3.69. The van der Waals surface area contributed by atoms with E-state index in [0.29, 0.717) is 24.2 Å². The minimum atomic E-state index is -0.671. The van der Waals surface area contributed by atoms with E-state index in [4.69, 9.17) is 0 Å². The second kappa shape index (κ2) is 5.19. The van der Waals surface area contributed by atoms with Gasteiger partial charge >= 0.3 is 0 Å². The minimum absolute atomic E-state index is 0.0391. The van der Waals surface area contributed by atoms with Crippen LogP contribution in [0.25, 0.3) is 0 Å². The Morgan fingerprint density at radius 2 is 1.70 bits per heavy atom. The second-order valence-electron chi connectivity index (χ2n) is 9.48. The van der Waals surface area contributed by atoms with Crippen molar-refractivity contribution >= 4 is 0 Å². The third kappa shape index (κ3) is 1.99. The van der Waals surface area contributed by atoms with Crippen molar-refractivity contribution in [3.63, 3.8) is 0 Å². The van der Waals surface area contributed by atoms with Crippen LogP contribution in [0.1, 0.15) is 78.1 Å². The van der Waals surface area contributed by atoms with Crippen LogP contribution in [0.2, 0.25) is 0 Å². The van der Waals surface area contributed by atoms with Crippen molar-refractivity contribution in [2.75, 3.05) is 0 Å². The van der Waals surface area contributed by atoms with E-state index in [1.54, 1.807) is 0 Å². The Balaban J connectivity index is 1.67. The molecule has 0 aromatic rings. The fourth-order valence-electron chi connectivity index (χ4n) is 7.69. The van der Waals surface area contributed by atoms with Gasteiger partial charge in [-0.1, -0.05) is 13.8 Å². The van der Waals surface area contributed by atoms with E-state index in [9.17, 15) is 15.3 Å². The van der Waals surface area contributed by atoms with Crippen LogP contribution in [0.15, 0.2) is 0 Å². The van der Waals surface area contributed by atoms with Crippen molar-refractivity contribution in [3.8, 4) is 0 Å². The Hall–Kier alpha value is -0.120. The first-order chi connectivity index (χ1) is 10.9. The van der Waals surface area contributed by atoms with Crippen molar-refractivity contribution in [3.05, 3.63) is 0 Å². The highest BCUT2D eigenvalue weighted by Gasteiger charge is 2.64. The summed E-state index contributed by atoms with van der Waals surface area (Å²) in [5.41, 5.74) is -0.557. The van der Waals surface area contributed by atoms with E-state index >= 15 is 0 Å². The molecule has 3 N–H and O–H groups in total. The van der Waals surface area contributed by atoms with E-state index in [1.165, 1.54) is 6.42 Å². The molecule has 4 saturated carbocycles. The molecule has 0 saturated heterocycles. The van der Waals surface area contributed by atoms with Gasteiger partial charge in [0, 0.05) is 6.42 Å². The summed E-state index contributed by atoms with van der Waals surface area (Å²) >= 11 is 0. The predicted octanol–water partition coefficient (Wildman–Crippen LogP) is 3.26. The highest BCUT2D eigenvalue weighted by Crippen LogP contribution is 2.67. The summed E-state index contributed by atoms with van der Waals surface area (Å²) in [6.07, 6.45) is 9.39. The van der Waals surface area contributed by atoms with Crippen LogP contribution in [0.4, 0.5) is 0 Å². The molecule has 0 spiro atoms. The molecule has 8 atom stereocenters. The maximum absolute atomic E-state index is 11.4. The number of hydrogen-bond donors (Lipinski definition) is 3. The molecule has 4 rings (SSSR count). The zero-order chi connectivity index (χ0) is 16.5. The van der Waals surface area contributed by atoms with Gasteiger partial charge in [0.15, 0.2) is 0 Å². The van der Waals surface area contributed by atoms with Gasteiger partial charge in [-0.3, -0.25) is 0 Å². The Morgan fingerprint density at radius 1 is 0.913 bits per heavy atom. The van der Waals surface area contributed by atoms with Crippen molar-refractivity contribution in [2.45, 2.75) is 95.9 Å². The summed E-state index contributed by atoms with van der Waals surface area (Å²) in [5, 5.41) is 32.1. The molecular weight excluding hydrogens is 288 g/mol. The molecule has 0 unspecified atom stereocenters. The zero-order valence-electron chi connectivity index (χ0n) is 14.8. The molecule has 0 heterocycles. The number of hydrogen-bond acceptors (Lipinski definition) is 3. The van der Waals surface area contributed by atoms with Crippen LogP contribution < -0.4 is 0 Å². The maximum Gasteiger partial charge on any atom is 0.0728 e. The van der Waals surface area contributed by atoms with Gasteiger partial charge in [-0.2, -0.15) is 0 Å². The van der Waals surface area contributed by atoms with Crippen LogP contribution in [0.3, 0.4) is 0 Å². The molecule has 0 aromatic carbocycles.